The second-order valence-electron chi connectivity index (χ2n) is 7.60. The Morgan fingerprint density at radius 2 is 1.88 bits per heavy atom. The van der Waals surface area contributed by atoms with Gasteiger partial charge in [-0.25, -0.2) is 0 Å². The second kappa shape index (κ2) is 8.23. The minimum atomic E-state index is -1.30. The number of aliphatic hydroxyl groups is 3. The highest BCUT2D eigenvalue weighted by molar-refractivity contribution is 6.30. The number of hydrogen-bond donors (Lipinski definition) is 3. The van der Waals surface area contributed by atoms with Crippen molar-refractivity contribution < 1.29 is 20.1 Å². The fourth-order valence-electron chi connectivity index (χ4n) is 3.83. The Morgan fingerprint density at radius 1 is 1.23 bits per heavy atom. The highest BCUT2D eigenvalue weighted by Crippen LogP contribution is 2.26. The number of nitrogens with zero attached hydrogens (tertiary/aromatic N) is 2. The summed E-state index contributed by atoms with van der Waals surface area (Å²) in [5, 5.41) is 31.1. The Balaban J connectivity index is 1.55. The first-order chi connectivity index (χ1) is 12.4. The molecule has 2 aliphatic rings. The summed E-state index contributed by atoms with van der Waals surface area (Å²) in [6.07, 6.45) is 1.05. The lowest BCUT2D eigenvalue weighted by Crippen LogP contribution is -2.53. The Kier molecular flexibility index (Phi) is 6.20. The molecule has 0 bridgehead atoms. The van der Waals surface area contributed by atoms with Gasteiger partial charge >= 0.3 is 0 Å². The quantitative estimate of drug-likeness (QED) is 0.691. The van der Waals surface area contributed by atoms with Gasteiger partial charge in [0.2, 0.25) is 5.91 Å². The molecule has 1 amide bonds. The van der Waals surface area contributed by atoms with Crippen LogP contribution in [0.4, 0.5) is 0 Å². The zero-order valence-electron chi connectivity index (χ0n) is 14.9. The van der Waals surface area contributed by atoms with Crippen molar-refractivity contribution in [2.24, 2.45) is 5.92 Å². The predicted octanol–water partition coefficient (Wildman–Crippen LogP) is 0.521. The standard InChI is InChI=1S/C19H27ClN2O4/c20-16-3-1-14(2-4-16)9-18(25)22-10-17(24)19(26,13-22)12-21-7-5-15(11-23)6-8-21/h1-4,15,17,23-24,26H,5-13H2/t17-,19+/m1/s1. The van der Waals surface area contributed by atoms with E-state index in [-0.39, 0.29) is 32.0 Å². The van der Waals surface area contributed by atoms with E-state index in [1.165, 1.54) is 0 Å². The molecular formula is C19H27ClN2O4. The van der Waals surface area contributed by atoms with Crippen LogP contribution >= 0.6 is 11.6 Å². The topological polar surface area (TPSA) is 84.2 Å². The van der Waals surface area contributed by atoms with Crippen molar-refractivity contribution in [2.45, 2.75) is 31.0 Å². The van der Waals surface area contributed by atoms with Crippen LogP contribution in [0.25, 0.3) is 0 Å². The molecule has 2 atom stereocenters. The summed E-state index contributed by atoms with van der Waals surface area (Å²) < 4.78 is 0. The van der Waals surface area contributed by atoms with Crippen LogP contribution in [0.15, 0.2) is 24.3 Å². The van der Waals surface area contributed by atoms with Crippen molar-refractivity contribution in [1.29, 1.82) is 0 Å². The monoisotopic (exact) mass is 382 g/mol. The average Bonchev–Trinajstić information content (AvgIpc) is 2.92. The fourth-order valence-corrected chi connectivity index (χ4v) is 3.95. The molecule has 144 valence electrons. The number of benzene rings is 1. The van der Waals surface area contributed by atoms with Crippen molar-refractivity contribution >= 4 is 17.5 Å². The van der Waals surface area contributed by atoms with E-state index in [0.717, 1.165) is 31.5 Å². The maximum atomic E-state index is 12.5. The molecule has 3 rings (SSSR count). The highest BCUT2D eigenvalue weighted by Gasteiger charge is 2.47. The van der Waals surface area contributed by atoms with Crippen LogP contribution in [-0.2, 0) is 11.2 Å². The average molecular weight is 383 g/mol. The van der Waals surface area contributed by atoms with Gasteiger partial charge in [0.25, 0.3) is 0 Å². The normalized spacial score (nSPS) is 27.8. The molecule has 26 heavy (non-hydrogen) atoms. The smallest absolute Gasteiger partial charge is 0.227 e. The number of aliphatic hydroxyl groups excluding tert-OH is 2. The third-order valence-corrected chi connectivity index (χ3v) is 5.81. The second-order valence-corrected chi connectivity index (χ2v) is 8.04. The molecule has 1 aromatic rings. The lowest BCUT2D eigenvalue weighted by atomic mass is 9.94. The van der Waals surface area contributed by atoms with E-state index in [2.05, 4.69) is 4.90 Å². The molecule has 2 heterocycles. The molecule has 0 radical (unpaired) electrons. The summed E-state index contributed by atoms with van der Waals surface area (Å²) in [7, 11) is 0. The van der Waals surface area contributed by atoms with Crippen molar-refractivity contribution in [3.8, 4) is 0 Å². The minimum Gasteiger partial charge on any atom is -0.396 e. The van der Waals surface area contributed by atoms with Crippen molar-refractivity contribution in [3.63, 3.8) is 0 Å². The summed E-state index contributed by atoms with van der Waals surface area (Å²) in [5.74, 6) is 0.216. The van der Waals surface area contributed by atoms with Gasteiger partial charge in [-0.15, -0.1) is 0 Å². The van der Waals surface area contributed by atoms with E-state index in [1.807, 2.05) is 12.1 Å². The summed E-state index contributed by atoms with van der Waals surface area (Å²) in [4.78, 5) is 16.2. The number of carbonyl (C=O) groups excluding carboxylic acids is 1. The first-order valence-electron chi connectivity index (χ1n) is 9.15. The van der Waals surface area contributed by atoms with Crippen molar-refractivity contribution in [2.75, 3.05) is 39.3 Å². The molecule has 0 aliphatic carbocycles. The number of carbonyl (C=O) groups is 1. The van der Waals surface area contributed by atoms with Crippen LogP contribution in [0.2, 0.25) is 5.02 Å². The van der Waals surface area contributed by atoms with Gasteiger partial charge in [0.05, 0.1) is 13.0 Å². The number of β-amino-alcohol motifs (C(OH)–C–C–N with tert-alkyl or cyclic N) is 2. The van der Waals surface area contributed by atoms with E-state index in [4.69, 9.17) is 11.6 Å². The SMILES string of the molecule is O=C(Cc1ccc(Cl)cc1)N1C[C@@H](O)[C@](O)(CN2CCC(CO)CC2)C1. The molecule has 2 fully saturated rings. The van der Waals surface area contributed by atoms with Gasteiger partial charge in [-0.2, -0.15) is 0 Å². The zero-order chi connectivity index (χ0) is 18.7. The molecule has 6 nitrogen and oxygen atoms in total. The summed E-state index contributed by atoms with van der Waals surface area (Å²) in [6, 6.07) is 7.11. The van der Waals surface area contributed by atoms with Crippen LogP contribution < -0.4 is 0 Å². The number of amides is 1. The van der Waals surface area contributed by atoms with Gasteiger partial charge in [0, 0.05) is 24.7 Å². The van der Waals surface area contributed by atoms with Gasteiger partial charge in [0.1, 0.15) is 11.7 Å². The molecule has 2 aliphatic heterocycles. The number of halogens is 1. The Morgan fingerprint density at radius 3 is 2.50 bits per heavy atom. The Hall–Kier alpha value is -1.18. The first-order valence-corrected chi connectivity index (χ1v) is 9.53. The third kappa shape index (κ3) is 4.56. The molecule has 3 N–H and O–H groups in total. The zero-order valence-corrected chi connectivity index (χ0v) is 15.6. The van der Waals surface area contributed by atoms with E-state index in [1.54, 1.807) is 17.0 Å². The van der Waals surface area contributed by atoms with E-state index >= 15 is 0 Å². The van der Waals surface area contributed by atoms with E-state index in [0.29, 0.717) is 17.5 Å². The minimum absolute atomic E-state index is 0.110. The van der Waals surface area contributed by atoms with Gasteiger partial charge in [0.15, 0.2) is 0 Å². The van der Waals surface area contributed by atoms with Crippen LogP contribution in [0.3, 0.4) is 0 Å². The van der Waals surface area contributed by atoms with Crippen LogP contribution in [0.1, 0.15) is 18.4 Å². The number of hydrogen-bond acceptors (Lipinski definition) is 5. The molecule has 7 heteroatoms. The maximum absolute atomic E-state index is 12.5. The Bertz CT molecular complexity index is 618. The molecule has 0 aromatic heterocycles. The van der Waals surface area contributed by atoms with E-state index < -0.39 is 11.7 Å². The summed E-state index contributed by atoms with van der Waals surface area (Å²) in [5.41, 5.74) is -0.447. The van der Waals surface area contributed by atoms with Crippen LogP contribution in [-0.4, -0.2) is 82.1 Å². The van der Waals surface area contributed by atoms with Crippen molar-refractivity contribution in [3.05, 3.63) is 34.9 Å². The molecule has 1 aromatic carbocycles. The van der Waals surface area contributed by atoms with Gasteiger partial charge in [-0.3, -0.25) is 4.79 Å². The number of piperidine rings is 1. The third-order valence-electron chi connectivity index (χ3n) is 5.56. The summed E-state index contributed by atoms with van der Waals surface area (Å²) in [6.45, 7) is 2.42. The molecule has 0 saturated carbocycles. The molecular weight excluding hydrogens is 356 g/mol. The first kappa shape index (κ1) is 19.6. The fraction of sp³-hybridized carbons (Fsp3) is 0.632. The highest BCUT2D eigenvalue weighted by atomic mass is 35.5. The lowest BCUT2D eigenvalue weighted by molar-refractivity contribution is -0.130. The van der Waals surface area contributed by atoms with Crippen LogP contribution in [0.5, 0.6) is 0 Å². The predicted molar refractivity (Wildman–Crippen MR) is 98.9 cm³/mol. The van der Waals surface area contributed by atoms with Crippen LogP contribution in [0, 0.1) is 5.92 Å². The Labute approximate surface area is 159 Å². The molecule has 2 saturated heterocycles. The largest absolute Gasteiger partial charge is 0.396 e. The van der Waals surface area contributed by atoms with E-state index in [9.17, 15) is 20.1 Å². The number of likely N-dealkylation sites (tertiary alicyclic amines) is 2. The van der Waals surface area contributed by atoms with Gasteiger partial charge < -0.3 is 25.1 Å². The number of rotatable bonds is 5. The summed E-state index contributed by atoms with van der Waals surface area (Å²) >= 11 is 5.86. The molecule has 0 unspecified atom stereocenters. The van der Waals surface area contributed by atoms with Crippen molar-refractivity contribution in [1.82, 2.24) is 9.80 Å². The molecule has 0 spiro atoms. The maximum Gasteiger partial charge on any atom is 0.227 e. The van der Waals surface area contributed by atoms with Gasteiger partial charge in [-0.1, -0.05) is 23.7 Å². The lowest BCUT2D eigenvalue weighted by Gasteiger charge is -2.37. The van der Waals surface area contributed by atoms with Gasteiger partial charge in [-0.05, 0) is 49.5 Å².